The van der Waals surface area contributed by atoms with E-state index < -0.39 is 35.3 Å². The third kappa shape index (κ3) is 3.55. The highest BCUT2D eigenvalue weighted by atomic mass is 32.2. The number of nitrogens with one attached hydrogen (secondary N) is 1. The molecule has 1 aromatic carbocycles. The van der Waals surface area contributed by atoms with Crippen LogP contribution in [0, 0.1) is 0 Å². The zero-order chi connectivity index (χ0) is 21.4. The van der Waals surface area contributed by atoms with E-state index in [0.29, 0.717) is 21.4 Å². The third-order valence-electron chi connectivity index (χ3n) is 4.59. The summed E-state index contributed by atoms with van der Waals surface area (Å²) in [5, 5.41) is 33.3. The number of aliphatic carboxylic acids is 1. The van der Waals surface area contributed by atoms with Gasteiger partial charge in [-0.05, 0) is 27.8 Å². The van der Waals surface area contributed by atoms with Crippen molar-refractivity contribution in [3.05, 3.63) is 46.5 Å². The maximum Gasteiger partial charge on any atom is 0.353 e. The fourth-order valence-electron chi connectivity index (χ4n) is 3.11. The molecule has 3 heterocycles. The largest absolute Gasteiger partial charge is 0.477 e. The zero-order valence-corrected chi connectivity index (χ0v) is 17.1. The maximum atomic E-state index is 12.7. The van der Waals surface area contributed by atoms with Gasteiger partial charge in [0, 0.05) is 17.7 Å². The Morgan fingerprint density at radius 2 is 2.07 bits per heavy atom. The molecule has 3 atom stereocenters. The van der Waals surface area contributed by atoms with Gasteiger partial charge in [-0.1, -0.05) is 30.3 Å². The summed E-state index contributed by atoms with van der Waals surface area (Å²) in [6, 6.07) is 7.42. The monoisotopic (exact) mass is 448 g/mol. The minimum Gasteiger partial charge on any atom is -0.477 e. The summed E-state index contributed by atoms with van der Waals surface area (Å²) in [6.07, 6.45) is -1.43. The number of aromatic nitrogens is 4. The molecule has 3 N–H and O–H groups in total. The van der Waals surface area contributed by atoms with Crippen LogP contribution in [0.1, 0.15) is 11.7 Å². The predicted octanol–water partition coefficient (Wildman–Crippen LogP) is -0.268. The Morgan fingerprint density at radius 3 is 2.70 bits per heavy atom. The zero-order valence-electron chi connectivity index (χ0n) is 15.5. The maximum absolute atomic E-state index is 12.7. The first kappa shape index (κ1) is 20.4. The van der Waals surface area contributed by atoms with Crippen molar-refractivity contribution in [2.45, 2.75) is 22.7 Å². The molecule has 2 aliphatic rings. The fraction of sp³-hybridized carbons (Fsp3) is 0.294. The van der Waals surface area contributed by atoms with Gasteiger partial charge >= 0.3 is 5.97 Å². The highest BCUT2D eigenvalue weighted by Gasteiger charge is 2.54. The average molecular weight is 448 g/mol. The van der Waals surface area contributed by atoms with Gasteiger partial charge in [0.05, 0.1) is 0 Å². The van der Waals surface area contributed by atoms with Crippen molar-refractivity contribution in [1.29, 1.82) is 0 Å². The number of β-lactam (4-membered cyclic amide) rings is 1. The molecule has 0 saturated carbocycles. The van der Waals surface area contributed by atoms with Crippen molar-refractivity contribution < 1.29 is 24.6 Å². The van der Waals surface area contributed by atoms with E-state index in [4.69, 9.17) is 0 Å². The standard InChI is InChI=1S/C17H16N6O5S2/c1-22-17(19-20-21-22)30-9-7-29-15-10(14(26)23(15)11(9)16(27)28)18-13(25)12(24)8-5-3-2-4-6-8/h2-6,10,12,15,24H,7H2,1H3,(H,18,25)(H,27,28)/t10?,12?,15-/m0/s1. The van der Waals surface area contributed by atoms with Crippen molar-refractivity contribution >= 4 is 41.3 Å². The number of aliphatic hydroxyl groups excluding tert-OH is 1. The van der Waals surface area contributed by atoms with Crippen LogP contribution in [0.5, 0.6) is 0 Å². The molecule has 11 nitrogen and oxygen atoms in total. The first-order chi connectivity index (χ1) is 14.4. The number of carbonyl (C=O) groups is 3. The highest BCUT2D eigenvalue weighted by molar-refractivity contribution is 8.06. The second-order valence-corrected chi connectivity index (χ2v) is 8.64. The van der Waals surface area contributed by atoms with Gasteiger partial charge in [-0.15, -0.1) is 16.9 Å². The van der Waals surface area contributed by atoms with Crippen LogP contribution >= 0.6 is 23.5 Å². The van der Waals surface area contributed by atoms with E-state index in [1.165, 1.54) is 16.4 Å². The number of rotatable bonds is 6. The number of aryl methyl sites for hydroxylation is 1. The van der Waals surface area contributed by atoms with E-state index >= 15 is 0 Å². The smallest absolute Gasteiger partial charge is 0.353 e. The normalized spacial score (nSPS) is 21.7. The van der Waals surface area contributed by atoms with Crippen molar-refractivity contribution in [1.82, 2.24) is 30.4 Å². The van der Waals surface area contributed by atoms with Gasteiger partial charge in [-0.25, -0.2) is 9.48 Å². The number of tetrazole rings is 1. The molecular weight excluding hydrogens is 432 g/mol. The van der Waals surface area contributed by atoms with Crippen LogP contribution < -0.4 is 5.32 Å². The summed E-state index contributed by atoms with van der Waals surface area (Å²) in [4.78, 5) is 38.5. The average Bonchev–Trinajstić information content (AvgIpc) is 3.15. The topological polar surface area (TPSA) is 151 Å². The van der Waals surface area contributed by atoms with Crippen molar-refractivity contribution in [3.63, 3.8) is 0 Å². The molecule has 0 radical (unpaired) electrons. The lowest BCUT2D eigenvalue weighted by molar-refractivity contribution is -0.151. The fourth-order valence-corrected chi connectivity index (χ4v) is 5.49. The molecule has 0 spiro atoms. The van der Waals surface area contributed by atoms with E-state index in [0.717, 1.165) is 16.7 Å². The van der Waals surface area contributed by atoms with Gasteiger partial charge in [0.15, 0.2) is 6.10 Å². The first-order valence-corrected chi connectivity index (χ1v) is 10.6. The summed E-state index contributed by atoms with van der Waals surface area (Å²) in [6.45, 7) is 0. The summed E-state index contributed by atoms with van der Waals surface area (Å²) < 4.78 is 1.40. The Hall–Kier alpha value is -2.90. The molecule has 30 heavy (non-hydrogen) atoms. The van der Waals surface area contributed by atoms with E-state index in [1.54, 1.807) is 37.4 Å². The summed E-state index contributed by atoms with van der Waals surface area (Å²) in [5.74, 6) is -2.21. The summed E-state index contributed by atoms with van der Waals surface area (Å²) >= 11 is 2.40. The van der Waals surface area contributed by atoms with Crippen LogP contribution in [0.3, 0.4) is 0 Å². The number of amides is 2. The second kappa shape index (κ2) is 8.08. The van der Waals surface area contributed by atoms with Crippen molar-refractivity contribution in [2.24, 2.45) is 7.05 Å². The molecular formula is C17H16N6O5S2. The van der Waals surface area contributed by atoms with Gasteiger partial charge in [-0.3, -0.25) is 14.5 Å². The number of fused-ring (bicyclic) bond motifs is 1. The lowest BCUT2D eigenvalue weighted by Gasteiger charge is -2.49. The molecule has 2 aromatic rings. The molecule has 4 rings (SSSR count). The number of hydrogen-bond donors (Lipinski definition) is 3. The van der Waals surface area contributed by atoms with Crippen LogP contribution in [0.4, 0.5) is 0 Å². The van der Waals surface area contributed by atoms with E-state index in [2.05, 4.69) is 20.8 Å². The number of aliphatic hydroxyl groups is 1. The Kier molecular flexibility index (Phi) is 5.49. The number of benzene rings is 1. The molecule has 13 heteroatoms. The van der Waals surface area contributed by atoms with E-state index in [1.807, 2.05) is 0 Å². The SMILES string of the molecule is Cn1nnnc1SC1=C(C(=O)O)N2C(=O)C(NC(=O)C(O)c3ccccc3)[C@@H]2SC1. The van der Waals surface area contributed by atoms with Gasteiger partial charge < -0.3 is 15.5 Å². The summed E-state index contributed by atoms with van der Waals surface area (Å²) in [7, 11) is 1.63. The molecule has 1 saturated heterocycles. The number of nitrogens with zero attached hydrogens (tertiary/aromatic N) is 5. The Morgan fingerprint density at radius 1 is 1.33 bits per heavy atom. The van der Waals surface area contributed by atoms with Gasteiger partial charge in [-0.2, -0.15) is 0 Å². The third-order valence-corrected chi connectivity index (χ3v) is 7.17. The second-order valence-electron chi connectivity index (χ2n) is 6.47. The molecule has 2 unspecified atom stereocenters. The van der Waals surface area contributed by atoms with Crippen molar-refractivity contribution in [2.75, 3.05) is 5.75 Å². The number of carboxylic acids is 1. The molecule has 2 amide bonds. The van der Waals surface area contributed by atoms with Crippen molar-refractivity contribution in [3.8, 4) is 0 Å². The molecule has 2 aliphatic heterocycles. The highest BCUT2D eigenvalue weighted by Crippen LogP contribution is 2.44. The minimum atomic E-state index is -1.43. The van der Waals surface area contributed by atoms with E-state index in [-0.39, 0.29) is 5.70 Å². The number of hydrogen-bond acceptors (Lipinski definition) is 9. The lowest BCUT2D eigenvalue weighted by atomic mass is 10.0. The molecule has 1 fully saturated rings. The number of carboxylic acid groups (broad SMARTS) is 1. The first-order valence-electron chi connectivity index (χ1n) is 8.73. The summed E-state index contributed by atoms with van der Waals surface area (Å²) in [5.41, 5.74) is 0.253. The molecule has 156 valence electrons. The van der Waals surface area contributed by atoms with Crippen LogP contribution in [0.25, 0.3) is 0 Å². The number of thioether (sulfide) groups is 2. The predicted molar refractivity (Wildman–Crippen MR) is 106 cm³/mol. The number of carbonyl (C=O) groups excluding carboxylic acids is 2. The molecule has 0 bridgehead atoms. The lowest BCUT2D eigenvalue weighted by Crippen LogP contribution is -2.70. The van der Waals surface area contributed by atoms with Crippen LogP contribution in [-0.4, -0.2) is 70.3 Å². The minimum absolute atomic E-state index is 0.147. The Labute approximate surface area is 178 Å². The van der Waals surface area contributed by atoms with Gasteiger partial charge in [0.25, 0.3) is 11.8 Å². The van der Waals surface area contributed by atoms with E-state index in [9.17, 15) is 24.6 Å². The van der Waals surface area contributed by atoms with Gasteiger partial charge in [0.1, 0.15) is 17.1 Å². The van der Waals surface area contributed by atoms with Crippen LogP contribution in [-0.2, 0) is 21.4 Å². The quantitative estimate of drug-likeness (QED) is 0.504. The Bertz CT molecular complexity index is 1040. The van der Waals surface area contributed by atoms with Crippen LogP contribution in [0.15, 0.2) is 46.1 Å². The van der Waals surface area contributed by atoms with Gasteiger partial charge in [0.2, 0.25) is 5.16 Å². The molecule has 1 aromatic heterocycles. The van der Waals surface area contributed by atoms with Crippen LogP contribution in [0.2, 0.25) is 0 Å². The Balaban J connectivity index is 1.51. The molecule has 0 aliphatic carbocycles.